The van der Waals surface area contributed by atoms with Gasteiger partial charge in [-0.3, -0.25) is 9.10 Å². The number of carbonyl (C=O) groups excluding carboxylic acids is 1. The van der Waals surface area contributed by atoms with Gasteiger partial charge in [-0.05, 0) is 67.8 Å². The molecule has 1 amide bonds. The molecule has 3 aromatic rings. The molecular weight excluding hydrogens is 467 g/mol. The monoisotopic (exact) mass is 490 g/mol. The Morgan fingerprint density at radius 3 is 2.34 bits per heavy atom. The van der Waals surface area contributed by atoms with E-state index in [1.807, 2.05) is 25.1 Å². The lowest BCUT2D eigenvalue weighted by molar-refractivity contribution is -0.119. The van der Waals surface area contributed by atoms with Crippen molar-refractivity contribution in [1.29, 1.82) is 0 Å². The highest BCUT2D eigenvalue weighted by Gasteiger charge is 2.27. The Labute approximate surface area is 199 Å². The molecule has 5 nitrogen and oxygen atoms in total. The fourth-order valence-electron chi connectivity index (χ4n) is 3.25. The molecule has 0 fully saturated rings. The molecule has 3 aromatic carbocycles. The quantitative estimate of drug-likeness (QED) is 0.416. The summed E-state index contributed by atoms with van der Waals surface area (Å²) in [6.07, 6.45) is 1.57. The van der Waals surface area contributed by atoms with Crippen molar-refractivity contribution < 1.29 is 13.2 Å². The Balaban J connectivity index is 1.71. The van der Waals surface area contributed by atoms with Gasteiger partial charge >= 0.3 is 0 Å². The first kappa shape index (κ1) is 24.1. The van der Waals surface area contributed by atoms with Crippen LogP contribution in [0, 0.1) is 6.92 Å². The summed E-state index contributed by atoms with van der Waals surface area (Å²) < 4.78 is 27.6. The van der Waals surface area contributed by atoms with Gasteiger partial charge in [-0.1, -0.05) is 59.1 Å². The van der Waals surface area contributed by atoms with Crippen molar-refractivity contribution in [2.24, 2.45) is 0 Å². The second kappa shape index (κ2) is 10.9. The SMILES string of the molecule is Cc1cccc(CCCNC(=O)CN(c2cccc(Cl)c2)S(=O)(=O)c2ccc(Cl)cc2)c1. The third-order valence-electron chi connectivity index (χ3n) is 4.83. The molecule has 0 aliphatic rings. The van der Waals surface area contributed by atoms with Crippen LogP contribution in [-0.2, 0) is 21.2 Å². The smallest absolute Gasteiger partial charge is 0.264 e. The van der Waals surface area contributed by atoms with E-state index in [0.717, 1.165) is 17.1 Å². The summed E-state index contributed by atoms with van der Waals surface area (Å²) in [6, 6.07) is 20.4. The van der Waals surface area contributed by atoms with Crippen molar-refractivity contribution in [2.75, 3.05) is 17.4 Å². The van der Waals surface area contributed by atoms with Crippen molar-refractivity contribution in [3.05, 3.63) is 94.0 Å². The van der Waals surface area contributed by atoms with E-state index < -0.39 is 15.9 Å². The van der Waals surface area contributed by atoms with Crippen LogP contribution in [0.25, 0.3) is 0 Å². The Morgan fingerprint density at radius 1 is 0.938 bits per heavy atom. The van der Waals surface area contributed by atoms with Crippen molar-refractivity contribution in [2.45, 2.75) is 24.7 Å². The first-order valence-corrected chi connectivity index (χ1v) is 12.3. The van der Waals surface area contributed by atoms with Crippen molar-refractivity contribution in [3.63, 3.8) is 0 Å². The molecule has 0 radical (unpaired) electrons. The maximum absolute atomic E-state index is 13.3. The van der Waals surface area contributed by atoms with E-state index in [2.05, 4.69) is 11.4 Å². The molecule has 0 saturated carbocycles. The van der Waals surface area contributed by atoms with Crippen molar-refractivity contribution in [1.82, 2.24) is 5.32 Å². The molecule has 8 heteroatoms. The fraction of sp³-hybridized carbons (Fsp3) is 0.208. The van der Waals surface area contributed by atoms with E-state index in [9.17, 15) is 13.2 Å². The molecular formula is C24H24Cl2N2O3S. The van der Waals surface area contributed by atoms with Crippen LogP contribution in [0.15, 0.2) is 77.7 Å². The molecule has 0 heterocycles. The van der Waals surface area contributed by atoms with Crippen LogP contribution >= 0.6 is 23.2 Å². The summed E-state index contributed by atoms with van der Waals surface area (Å²) in [6.45, 7) is 2.11. The van der Waals surface area contributed by atoms with Crippen LogP contribution in [-0.4, -0.2) is 27.4 Å². The fourth-order valence-corrected chi connectivity index (χ4v) is 4.98. The normalized spacial score (nSPS) is 11.2. The van der Waals surface area contributed by atoms with Crippen LogP contribution in [0.3, 0.4) is 0 Å². The first-order chi connectivity index (χ1) is 15.3. The molecule has 32 heavy (non-hydrogen) atoms. The number of benzene rings is 3. The summed E-state index contributed by atoms with van der Waals surface area (Å²) in [5.41, 5.74) is 2.70. The predicted octanol–water partition coefficient (Wildman–Crippen LogP) is 5.25. The van der Waals surface area contributed by atoms with Gasteiger partial charge in [-0.2, -0.15) is 0 Å². The Hall–Kier alpha value is -2.54. The van der Waals surface area contributed by atoms with Crippen LogP contribution in [0.4, 0.5) is 5.69 Å². The number of aryl methyl sites for hydroxylation is 2. The minimum Gasteiger partial charge on any atom is -0.355 e. The maximum atomic E-state index is 13.3. The Morgan fingerprint density at radius 2 is 1.66 bits per heavy atom. The second-order valence-corrected chi connectivity index (χ2v) is 10.1. The minimum atomic E-state index is -4.01. The molecule has 168 valence electrons. The van der Waals surface area contributed by atoms with E-state index in [-0.39, 0.29) is 11.4 Å². The number of nitrogens with one attached hydrogen (secondary N) is 1. The molecule has 0 spiro atoms. The standard InChI is InChI=1S/C24H24Cl2N2O3S/c1-18-5-2-6-19(15-18)7-4-14-27-24(29)17-28(22-9-3-8-21(26)16-22)32(30,31)23-12-10-20(25)11-13-23/h2-3,5-6,8-13,15-16H,4,7,14,17H2,1H3,(H,27,29). The summed E-state index contributed by atoms with van der Waals surface area (Å²) in [5.74, 6) is -0.397. The number of amides is 1. The zero-order valence-electron chi connectivity index (χ0n) is 17.6. The molecule has 0 aliphatic heterocycles. The van der Waals surface area contributed by atoms with E-state index in [4.69, 9.17) is 23.2 Å². The molecule has 3 rings (SSSR count). The van der Waals surface area contributed by atoms with E-state index in [1.165, 1.54) is 41.5 Å². The number of halogens is 2. The van der Waals surface area contributed by atoms with Crippen molar-refractivity contribution in [3.8, 4) is 0 Å². The number of rotatable bonds is 9. The molecule has 0 saturated heterocycles. The third kappa shape index (κ3) is 6.48. The highest BCUT2D eigenvalue weighted by atomic mass is 35.5. The van der Waals surface area contributed by atoms with Crippen LogP contribution in [0.1, 0.15) is 17.5 Å². The van der Waals surface area contributed by atoms with Gasteiger partial charge < -0.3 is 5.32 Å². The van der Waals surface area contributed by atoms with Gasteiger partial charge in [0.15, 0.2) is 0 Å². The largest absolute Gasteiger partial charge is 0.355 e. The van der Waals surface area contributed by atoms with Crippen LogP contribution in [0.5, 0.6) is 0 Å². The summed E-state index contributed by atoms with van der Waals surface area (Å²) in [7, 11) is -4.01. The van der Waals surface area contributed by atoms with Gasteiger partial charge in [0.05, 0.1) is 10.6 Å². The average molecular weight is 491 g/mol. The molecule has 1 N–H and O–H groups in total. The first-order valence-electron chi connectivity index (χ1n) is 10.1. The maximum Gasteiger partial charge on any atom is 0.264 e. The van der Waals surface area contributed by atoms with Gasteiger partial charge in [0.25, 0.3) is 10.0 Å². The molecule has 0 aliphatic carbocycles. The highest BCUT2D eigenvalue weighted by Crippen LogP contribution is 2.26. The number of hydrogen-bond donors (Lipinski definition) is 1. The van der Waals surface area contributed by atoms with E-state index >= 15 is 0 Å². The highest BCUT2D eigenvalue weighted by molar-refractivity contribution is 7.92. The van der Waals surface area contributed by atoms with E-state index in [0.29, 0.717) is 22.3 Å². The molecule has 0 aromatic heterocycles. The van der Waals surface area contributed by atoms with Crippen LogP contribution < -0.4 is 9.62 Å². The Bertz CT molecular complexity index is 1180. The summed E-state index contributed by atoms with van der Waals surface area (Å²) in [5, 5.41) is 3.61. The predicted molar refractivity (Wildman–Crippen MR) is 130 cm³/mol. The Kier molecular flexibility index (Phi) is 8.18. The van der Waals surface area contributed by atoms with Crippen molar-refractivity contribution >= 4 is 44.8 Å². The zero-order valence-corrected chi connectivity index (χ0v) is 19.9. The van der Waals surface area contributed by atoms with Crippen LogP contribution in [0.2, 0.25) is 10.0 Å². The number of hydrogen-bond acceptors (Lipinski definition) is 3. The summed E-state index contributed by atoms with van der Waals surface area (Å²) in [4.78, 5) is 12.7. The van der Waals surface area contributed by atoms with E-state index in [1.54, 1.807) is 18.2 Å². The minimum absolute atomic E-state index is 0.0362. The van der Waals surface area contributed by atoms with Gasteiger partial charge in [-0.15, -0.1) is 0 Å². The third-order valence-corrected chi connectivity index (χ3v) is 7.11. The number of nitrogens with zero attached hydrogens (tertiary/aromatic N) is 1. The topological polar surface area (TPSA) is 66.5 Å². The van der Waals surface area contributed by atoms with Gasteiger partial charge in [0, 0.05) is 16.6 Å². The lowest BCUT2D eigenvalue weighted by Gasteiger charge is -2.24. The lowest BCUT2D eigenvalue weighted by Crippen LogP contribution is -2.41. The molecule has 0 bridgehead atoms. The summed E-state index contributed by atoms with van der Waals surface area (Å²) >= 11 is 12.0. The van der Waals surface area contributed by atoms with Gasteiger partial charge in [-0.25, -0.2) is 8.42 Å². The molecule has 0 atom stereocenters. The van der Waals surface area contributed by atoms with Gasteiger partial charge in [0.2, 0.25) is 5.91 Å². The lowest BCUT2D eigenvalue weighted by atomic mass is 10.1. The van der Waals surface area contributed by atoms with Gasteiger partial charge in [0.1, 0.15) is 6.54 Å². The number of anilines is 1. The average Bonchev–Trinajstić information content (AvgIpc) is 2.75. The number of carbonyl (C=O) groups is 1. The molecule has 0 unspecified atom stereocenters. The second-order valence-electron chi connectivity index (χ2n) is 7.39. The zero-order chi connectivity index (χ0) is 23.1. The number of sulfonamides is 1.